The molecule has 7 heteroatoms. The van der Waals surface area contributed by atoms with E-state index in [1.54, 1.807) is 6.07 Å². The van der Waals surface area contributed by atoms with Gasteiger partial charge in [0.1, 0.15) is 0 Å². The van der Waals surface area contributed by atoms with Gasteiger partial charge in [0.25, 0.3) is 11.8 Å². The second-order valence-electron chi connectivity index (χ2n) is 12.1. The summed E-state index contributed by atoms with van der Waals surface area (Å²) in [6, 6.07) is 31.9. The van der Waals surface area contributed by atoms with E-state index in [1.807, 2.05) is 68.7 Å². The smallest absolute Gasteiger partial charge is 0.258 e. The zero-order valence-corrected chi connectivity index (χ0v) is 25.6. The average molecular weight is 596 g/mol. The molecule has 7 rings (SSSR count). The second kappa shape index (κ2) is 12.1. The van der Waals surface area contributed by atoms with E-state index in [2.05, 4.69) is 67.9 Å². The Bertz CT molecular complexity index is 1930. The fourth-order valence-corrected chi connectivity index (χ4v) is 6.47. The van der Waals surface area contributed by atoms with Crippen molar-refractivity contribution in [3.63, 3.8) is 0 Å². The van der Waals surface area contributed by atoms with Crippen LogP contribution in [0.15, 0.2) is 103 Å². The van der Waals surface area contributed by atoms with E-state index in [4.69, 9.17) is 0 Å². The number of rotatable bonds is 8. The molecule has 2 aliphatic rings. The van der Waals surface area contributed by atoms with Crippen molar-refractivity contribution < 1.29 is 9.59 Å². The molecule has 1 aromatic heterocycles. The van der Waals surface area contributed by atoms with Crippen LogP contribution in [0, 0.1) is 0 Å². The van der Waals surface area contributed by atoms with E-state index in [9.17, 15) is 9.59 Å². The number of nitrogens with one attached hydrogen (secondary N) is 3. The number of amides is 2. The number of hydrogen-bond acceptors (Lipinski definition) is 4. The highest BCUT2D eigenvalue weighted by atomic mass is 16.2. The Balaban J connectivity index is 1.28. The van der Waals surface area contributed by atoms with Crippen LogP contribution in [0.1, 0.15) is 58.4 Å². The lowest BCUT2D eigenvalue weighted by Gasteiger charge is -2.18. The van der Waals surface area contributed by atoms with E-state index >= 15 is 0 Å². The van der Waals surface area contributed by atoms with Crippen molar-refractivity contribution in [3.8, 4) is 0 Å². The van der Waals surface area contributed by atoms with E-state index in [0.717, 1.165) is 47.4 Å². The highest BCUT2D eigenvalue weighted by Crippen LogP contribution is 2.39. The summed E-state index contributed by atoms with van der Waals surface area (Å²) < 4.78 is 2.08. The molecule has 0 spiro atoms. The van der Waals surface area contributed by atoms with Gasteiger partial charge in [0, 0.05) is 53.2 Å². The lowest BCUT2D eigenvalue weighted by Crippen LogP contribution is -2.26. The third-order valence-electron chi connectivity index (χ3n) is 8.90. The summed E-state index contributed by atoms with van der Waals surface area (Å²) in [7, 11) is 2.03. The monoisotopic (exact) mass is 595 g/mol. The minimum Gasteiger partial charge on any atom is -0.354 e. The molecule has 0 bridgehead atoms. The first-order chi connectivity index (χ1) is 21.9. The summed E-state index contributed by atoms with van der Waals surface area (Å²) in [5.74, 6) is -0.397. The molecule has 1 saturated heterocycles. The predicted octanol–water partition coefficient (Wildman–Crippen LogP) is 7.20. The van der Waals surface area contributed by atoms with Gasteiger partial charge in [-0.3, -0.25) is 14.5 Å². The number of anilines is 2. The number of hydrogen-bond donors (Lipinski definition) is 3. The maximum Gasteiger partial charge on any atom is 0.258 e. The first-order valence-corrected chi connectivity index (χ1v) is 15.6. The van der Waals surface area contributed by atoms with Gasteiger partial charge in [0.2, 0.25) is 0 Å². The number of aryl methyl sites for hydroxylation is 1. The van der Waals surface area contributed by atoms with Gasteiger partial charge in [-0.05, 0) is 98.1 Å². The van der Waals surface area contributed by atoms with Crippen molar-refractivity contribution in [2.75, 3.05) is 23.7 Å². The largest absolute Gasteiger partial charge is 0.354 e. The van der Waals surface area contributed by atoms with Crippen LogP contribution < -0.4 is 16.0 Å². The molecule has 5 aromatic rings. The zero-order valence-electron chi connectivity index (χ0n) is 25.6. The maximum absolute atomic E-state index is 13.7. The molecule has 7 nitrogen and oxygen atoms in total. The Morgan fingerprint density at radius 1 is 0.889 bits per heavy atom. The van der Waals surface area contributed by atoms with Gasteiger partial charge in [-0.1, -0.05) is 48.5 Å². The fraction of sp³-hybridized carbons (Fsp3) is 0.211. The number of carbonyl (C=O) groups is 2. The van der Waals surface area contributed by atoms with Gasteiger partial charge in [-0.15, -0.1) is 0 Å². The quantitative estimate of drug-likeness (QED) is 0.166. The molecular weight excluding hydrogens is 558 g/mol. The lowest BCUT2D eigenvalue weighted by atomic mass is 9.97. The minimum atomic E-state index is -0.205. The topological polar surface area (TPSA) is 78.4 Å². The van der Waals surface area contributed by atoms with Crippen molar-refractivity contribution in [3.05, 3.63) is 131 Å². The molecule has 3 heterocycles. The summed E-state index contributed by atoms with van der Waals surface area (Å²) in [5, 5.41) is 10.9. The molecule has 1 fully saturated rings. The van der Waals surface area contributed by atoms with E-state index < -0.39 is 0 Å². The minimum absolute atomic E-state index is 0.163. The molecule has 226 valence electrons. The molecule has 2 amide bonds. The highest BCUT2D eigenvalue weighted by molar-refractivity contribution is 6.37. The highest BCUT2D eigenvalue weighted by Gasteiger charge is 2.30. The molecule has 45 heavy (non-hydrogen) atoms. The number of fused-ring (bicyclic) bond motifs is 2. The number of aromatic nitrogens is 1. The van der Waals surface area contributed by atoms with Crippen molar-refractivity contribution in [2.24, 2.45) is 7.05 Å². The molecule has 3 N–H and O–H groups in total. The molecular formula is C38H37N5O2. The SMILES string of the molecule is C[C@@H](NC(=O)c1ccc2c(c1)C(=C(Nc1cccc(CN3CCCC3)c1)c1ccc3c(ccn3C)c1)C(=O)N2)c1ccccc1. The summed E-state index contributed by atoms with van der Waals surface area (Å²) in [6.07, 6.45) is 4.53. The second-order valence-corrected chi connectivity index (χ2v) is 12.1. The average Bonchev–Trinajstić information content (AvgIpc) is 3.78. The molecule has 0 radical (unpaired) electrons. The van der Waals surface area contributed by atoms with Gasteiger partial charge >= 0.3 is 0 Å². The Labute approximate surface area is 263 Å². The molecule has 2 aliphatic heterocycles. The van der Waals surface area contributed by atoms with Crippen LogP contribution in [0.4, 0.5) is 11.4 Å². The van der Waals surface area contributed by atoms with Crippen LogP contribution in [0.25, 0.3) is 22.2 Å². The van der Waals surface area contributed by atoms with Crippen LogP contribution in [0.3, 0.4) is 0 Å². The fourth-order valence-electron chi connectivity index (χ4n) is 6.47. The van der Waals surface area contributed by atoms with E-state index in [1.165, 1.54) is 18.4 Å². The van der Waals surface area contributed by atoms with Gasteiger partial charge in [0.15, 0.2) is 0 Å². The van der Waals surface area contributed by atoms with Crippen molar-refractivity contribution >= 4 is 45.4 Å². The van der Waals surface area contributed by atoms with Gasteiger partial charge < -0.3 is 20.5 Å². The van der Waals surface area contributed by atoms with Crippen LogP contribution in [-0.2, 0) is 18.4 Å². The van der Waals surface area contributed by atoms with Crippen LogP contribution in [0.5, 0.6) is 0 Å². The first kappa shape index (κ1) is 28.6. The van der Waals surface area contributed by atoms with E-state index in [0.29, 0.717) is 28.1 Å². The molecule has 0 saturated carbocycles. The standard InChI is InChI=1S/C38H37N5O2/c1-25(27-10-4-3-5-11-27)39-37(44)30-13-15-33-32(23-30)35(38(45)41-33)36(29-14-16-34-28(22-29)17-20-42(34)2)40-31-12-8-9-26(21-31)24-43-18-6-7-19-43/h3-5,8-17,20-23,25,40H,6-7,18-19,24H2,1-2H3,(H,39,44)(H,41,45)/t25-/m1/s1. The van der Waals surface area contributed by atoms with Crippen LogP contribution in [-0.4, -0.2) is 34.4 Å². The third kappa shape index (κ3) is 5.87. The number of nitrogens with zero attached hydrogens (tertiary/aromatic N) is 2. The predicted molar refractivity (Wildman–Crippen MR) is 182 cm³/mol. The molecule has 0 aliphatic carbocycles. The summed E-state index contributed by atoms with van der Waals surface area (Å²) >= 11 is 0. The van der Waals surface area contributed by atoms with Crippen LogP contribution in [0.2, 0.25) is 0 Å². The Kier molecular flexibility index (Phi) is 7.69. The Morgan fingerprint density at radius 3 is 2.51 bits per heavy atom. The Hall–Kier alpha value is -5.14. The van der Waals surface area contributed by atoms with Crippen LogP contribution >= 0.6 is 0 Å². The lowest BCUT2D eigenvalue weighted by molar-refractivity contribution is -0.110. The number of likely N-dealkylation sites (tertiary alicyclic amines) is 1. The number of carbonyl (C=O) groups excluding carboxylic acids is 2. The summed E-state index contributed by atoms with van der Waals surface area (Å²) in [4.78, 5) is 29.6. The van der Waals surface area contributed by atoms with Crippen molar-refractivity contribution in [1.82, 2.24) is 14.8 Å². The summed E-state index contributed by atoms with van der Waals surface area (Å²) in [6.45, 7) is 5.12. The molecule has 1 atom stereocenters. The van der Waals surface area contributed by atoms with Gasteiger partial charge in [-0.2, -0.15) is 0 Å². The Morgan fingerprint density at radius 2 is 1.69 bits per heavy atom. The number of benzene rings is 4. The summed E-state index contributed by atoms with van der Waals surface area (Å²) in [5.41, 5.74) is 8.26. The zero-order chi connectivity index (χ0) is 30.9. The first-order valence-electron chi connectivity index (χ1n) is 15.6. The van der Waals surface area contributed by atoms with Gasteiger partial charge in [-0.25, -0.2) is 0 Å². The van der Waals surface area contributed by atoms with Crippen molar-refractivity contribution in [2.45, 2.75) is 32.4 Å². The molecule has 0 unspecified atom stereocenters. The third-order valence-corrected chi connectivity index (χ3v) is 8.90. The van der Waals surface area contributed by atoms with E-state index in [-0.39, 0.29) is 17.9 Å². The van der Waals surface area contributed by atoms with Crippen molar-refractivity contribution in [1.29, 1.82) is 0 Å². The normalized spacial score (nSPS) is 16.4. The van der Waals surface area contributed by atoms with Gasteiger partial charge in [0.05, 0.1) is 17.3 Å². The molecule has 4 aromatic carbocycles. The maximum atomic E-state index is 13.7.